The molecule has 1 fully saturated rings. The summed E-state index contributed by atoms with van der Waals surface area (Å²) < 4.78 is 0. The summed E-state index contributed by atoms with van der Waals surface area (Å²) in [6, 6.07) is 0. The Hall–Kier alpha value is -0.250. The minimum absolute atomic E-state index is 0.575. The summed E-state index contributed by atoms with van der Waals surface area (Å²) in [7, 11) is 0. The van der Waals surface area contributed by atoms with E-state index in [1.54, 1.807) is 0 Å². The Morgan fingerprint density at radius 1 is 1.73 bits per heavy atom. The van der Waals surface area contributed by atoms with Crippen molar-refractivity contribution in [1.29, 1.82) is 0 Å². The van der Waals surface area contributed by atoms with Gasteiger partial charge in [0.1, 0.15) is 0 Å². The molecular formula is C7H12BrNO2. The SMILES string of the molecule is O=C(O)N1CC[C@@H](CCBr)C1. The molecule has 11 heavy (non-hydrogen) atoms. The number of alkyl halides is 1. The van der Waals surface area contributed by atoms with Crippen LogP contribution in [0.15, 0.2) is 0 Å². The van der Waals surface area contributed by atoms with E-state index < -0.39 is 6.09 Å². The molecule has 0 aromatic rings. The fourth-order valence-electron chi connectivity index (χ4n) is 1.40. The first-order chi connectivity index (χ1) is 5.24. The second kappa shape index (κ2) is 3.95. The van der Waals surface area contributed by atoms with Crippen molar-refractivity contribution in [3.63, 3.8) is 0 Å². The van der Waals surface area contributed by atoms with Gasteiger partial charge in [-0.3, -0.25) is 0 Å². The maximum absolute atomic E-state index is 10.5. The highest BCUT2D eigenvalue weighted by molar-refractivity contribution is 9.09. The van der Waals surface area contributed by atoms with Crippen molar-refractivity contribution in [2.24, 2.45) is 5.92 Å². The molecule has 3 nitrogen and oxygen atoms in total. The van der Waals surface area contributed by atoms with Gasteiger partial charge in [0, 0.05) is 18.4 Å². The molecule has 0 aliphatic carbocycles. The molecular weight excluding hydrogens is 210 g/mol. The fraction of sp³-hybridized carbons (Fsp3) is 0.857. The number of halogens is 1. The quantitative estimate of drug-likeness (QED) is 0.723. The second-order valence-corrected chi connectivity index (χ2v) is 3.65. The summed E-state index contributed by atoms with van der Waals surface area (Å²) in [6.45, 7) is 1.44. The molecule has 64 valence electrons. The number of hydrogen-bond acceptors (Lipinski definition) is 1. The number of hydrogen-bond donors (Lipinski definition) is 1. The van der Waals surface area contributed by atoms with Gasteiger partial charge >= 0.3 is 6.09 Å². The lowest BCUT2D eigenvalue weighted by molar-refractivity contribution is 0.154. The lowest BCUT2D eigenvalue weighted by Gasteiger charge is -2.10. The van der Waals surface area contributed by atoms with E-state index in [0.717, 1.165) is 24.7 Å². The molecule has 1 N–H and O–H groups in total. The number of carboxylic acid groups (broad SMARTS) is 1. The molecule has 1 aliphatic rings. The van der Waals surface area contributed by atoms with Gasteiger partial charge < -0.3 is 10.0 Å². The predicted octanol–water partition coefficient (Wildman–Crippen LogP) is 1.77. The van der Waals surface area contributed by atoms with Gasteiger partial charge in [-0.15, -0.1) is 0 Å². The van der Waals surface area contributed by atoms with Crippen LogP contribution in [0.1, 0.15) is 12.8 Å². The van der Waals surface area contributed by atoms with Crippen LogP contribution in [0.2, 0.25) is 0 Å². The first-order valence-electron chi connectivity index (χ1n) is 3.78. The number of amides is 1. The van der Waals surface area contributed by atoms with Crippen molar-refractivity contribution in [3.05, 3.63) is 0 Å². The summed E-state index contributed by atoms with van der Waals surface area (Å²) in [5.41, 5.74) is 0. The molecule has 1 heterocycles. The highest BCUT2D eigenvalue weighted by atomic mass is 79.9. The van der Waals surface area contributed by atoms with E-state index in [0.29, 0.717) is 12.5 Å². The molecule has 1 aliphatic heterocycles. The third-order valence-electron chi connectivity index (χ3n) is 2.07. The van der Waals surface area contributed by atoms with Gasteiger partial charge in [-0.2, -0.15) is 0 Å². The third-order valence-corrected chi connectivity index (χ3v) is 2.53. The van der Waals surface area contributed by atoms with Crippen molar-refractivity contribution in [2.45, 2.75) is 12.8 Å². The van der Waals surface area contributed by atoms with E-state index in [4.69, 9.17) is 5.11 Å². The molecule has 0 saturated carbocycles. The van der Waals surface area contributed by atoms with Crippen LogP contribution >= 0.6 is 15.9 Å². The van der Waals surface area contributed by atoms with Crippen LogP contribution in [0.5, 0.6) is 0 Å². The van der Waals surface area contributed by atoms with E-state index >= 15 is 0 Å². The van der Waals surface area contributed by atoms with Crippen molar-refractivity contribution in [3.8, 4) is 0 Å². The summed E-state index contributed by atoms with van der Waals surface area (Å²) >= 11 is 3.35. The smallest absolute Gasteiger partial charge is 0.407 e. The van der Waals surface area contributed by atoms with Crippen LogP contribution in [0, 0.1) is 5.92 Å². The highest BCUT2D eigenvalue weighted by Crippen LogP contribution is 2.19. The Morgan fingerprint density at radius 2 is 2.45 bits per heavy atom. The number of carbonyl (C=O) groups is 1. The molecule has 0 unspecified atom stereocenters. The average Bonchev–Trinajstić information content (AvgIpc) is 2.37. The Kier molecular flexibility index (Phi) is 3.17. The van der Waals surface area contributed by atoms with Gasteiger partial charge in [0.05, 0.1) is 0 Å². The Bertz CT molecular complexity index is 151. The normalized spacial score (nSPS) is 24.1. The molecule has 0 bridgehead atoms. The average molecular weight is 222 g/mol. The fourth-order valence-corrected chi connectivity index (χ4v) is 2.04. The van der Waals surface area contributed by atoms with Gasteiger partial charge in [0.25, 0.3) is 0 Å². The molecule has 4 heteroatoms. The van der Waals surface area contributed by atoms with E-state index in [1.807, 2.05) is 0 Å². The third kappa shape index (κ3) is 2.36. The van der Waals surface area contributed by atoms with Crippen molar-refractivity contribution >= 4 is 22.0 Å². The monoisotopic (exact) mass is 221 g/mol. The maximum atomic E-state index is 10.5. The summed E-state index contributed by atoms with van der Waals surface area (Å²) in [5, 5.41) is 9.59. The topological polar surface area (TPSA) is 40.5 Å². The van der Waals surface area contributed by atoms with Crippen molar-refractivity contribution in [2.75, 3.05) is 18.4 Å². The maximum Gasteiger partial charge on any atom is 0.407 e. The van der Waals surface area contributed by atoms with E-state index in [-0.39, 0.29) is 0 Å². The van der Waals surface area contributed by atoms with Gasteiger partial charge in [0.15, 0.2) is 0 Å². The molecule has 1 amide bonds. The lowest BCUT2D eigenvalue weighted by atomic mass is 10.1. The zero-order valence-corrected chi connectivity index (χ0v) is 7.88. The first kappa shape index (κ1) is 8.84. The van der Waals surface area contributed by atoms with Gasteiger partial charge in [0.2, 0.25) is 0 Å². The molecule has 0 aromatic heterocycles. The van der Waals surface area contributed by atoms with Crippen LogP contribution in [0.3, 0.4) is 0 Å². The zero-order valence-electron chi connectivity index (χ0n) is 6.29. The standard InChI is InChI=1S/C7H12BrNO2/c8-3-1-6-2-4-9(5-6)7(10)11/h6H,1-5H2,(H,10,11)/t6-/m1/s1. The zero-order chi connectivity index (χ0) is 8.27. The number of likely N-dealkylation sites (tertiary alicyclic amines) is 1. The summed E-state index contributed by atoms with van der Waals surface area (Å²) in [6.07, 6.45) is 1.34. The van der Waals surface area contributed by atoms with Gasteiger partial charge in [-0.25, -0.2) is 4.79 Å². The Morgan fingerprint density at radius 3 is 2.91 bits per heavy atom. The molecule has 0 spiro atoms. The summed E-state index contributed by atoms with van der Waals surface area (Å²) in [4.78, 5) is 12.0. The van der Waals surface area contributed by atoms with Gasteiger partial charge in [-0.1, -0.05) is 15.9 Å². The Labute approximate surface area is 74.5 Å². The molecule has 1 atom stereocenters. The van der Waals surface area contributed by atoms with E-state index in [2.05, 4.69) is 15.9 Å². The molecule has 1 rings (SSSR count). The second-order valence-electron chi connectivity index (χ2n) is 2.86. The van der Waals surface area contributed by atoms with Gasteiger partial charge in [-0.05, 0) is 18.8 Å². The lowest BCUT2D eigenvalue weighted by Crippen LogP contribution is -2.26. The summed E-state index contributed by atoms with van der Waals surface area (Å²) in [5.74, 6) is 0.575. The predicted molar refractivity (Wildman–Crippen MR) is 46.1 cm³/mol. The van der Waals surface area contributed by atoms with Crippen LogP contribution in [0.4, 0.5) is 4.79 Å². The molecule has 1 saturated heterocycles. The first-order valence-corrected chi connectivity index (χ1v) is 4.90. The molecule has 0 aromatic carbocycles. The Balaban J connectivity index is 2.29. The largest absolute Gasteiger partial charge is 0.465 e. The van der Waals surface area contributed by atoms with E-state index in [9.17, 15) is 4.79 Å². The van der Waals surface area contributed by atoms with Crippen LogP contribution in [-0.4, -0.2) is 34.5 Å². The van der Waals surface area contributed by atoms with Crippen molar-refractivity contribution < 1.29 is 9.90 Å². The van der Waals surface area contributed by atoms with Crippen molar-refractivity contribution in [1.82, 2.24) is 4.90 Å². The number of rotatable bonds is 2. The molecule has 0 radical (unpaired) electrons. The minimum Gasteiger partial charge on any atom is -0.465 e. The number of nitrogens with zero attached hydrogens (tertiary/aromatic N) is 1. The highest BCUT2D eigenvalue weighted by Gasteiger charge is 2.24. The van der Waals surface area contributed by atoms with E-state index in [1.165, 1.54) is 4.90 Å². The van der Waals surface area contributed by atoms with Crippen LogP contribution in [-0.2, 0) is 0 Å². The minimum atomic E-state index is -0.776. The van der Waals surface area contributed by atoms with Crippen LogP contribution in [0.25, 0.3) is 0 Å². The van der Waals surface area contributed by atoms with Crippen LogP contribution < -0.4 is 0 Å².